The molecule has 2 aliphatic heterocycles. The summed E-state index contributed by atoms with van der Waals surface area (Å²) >= 11 is 18.8. The molecule has 1 saturated heterocycles. The number of likely N-dealkylation sites (tertiary alicyclic amines) is 1. The first kappa shape index (κ1) is 31.6. The Morgan fingerprint density at radius 2 is 1.55 bits per heavy atom. The minimum atomic E-state index is -3.82. The molecule has 0 bridgehead atoms. The van der Waals surface area contributed by atoms with Gasteiger partial charge < -0.3 is 4.90 Å². The maximum Gasteiger partial charge on any atom is 0.244 e. The average molecular weight is 671 g/mol. The summed E-state index contributed by atoms with van der Waals surface area (Å²) in [4.78, 5) is 2.45. The van der Waals surface area contributed by atoms with Gasteiger partial charge in [-0.3, -0.25) is 4.31 Å². The lowest BCUT2D eigenvalue weighted by molar-refractivity contribution is 0.162. The molecule has 5 rings (SSSR count). The number of anilines is 1. The maximum atomic E-state index is 13.4. The molecule has 7 nitrogen and oxygen atoms in total. The summed E-state index contributed by atoms with van der Waals surface area (Å²) in [7, 11) is -5.62. The molecule has 3 aromatic carbocycles. The lowest BCUT2D eigenvalue weighted by atomic mass is 9.74. The zero-order valence-corrected chi connectivity index (χ0v) is 27.4. The van der Waals surface area contributed by atoms with Crippen molar-refractivity contribution < 1.29 is 16.8 Å². The van der Waals surface area contributed by atoms with E-state index in [1.165, 1.54) is 16.6 Å². The van der Waals surface area contributed by atoms with Crippen LogP contribution in [-0.4, -0.2) is 72.1 Å². The monoisotopic (exact) mass is 669 g/mol. The number of hydrogen-bond donors (Lipinski definition) is 0. The zero-order valence-electron chi connectivity index (χ0n) is 23.5. The van der Waals surface area contributed by atoms with Gasteiger partial charge in [0, 0.05) is 25.6 Å². The fourth-order valence-corrected chi connectivity index (χ4v) is 9.22. The molecule has 0 saturated carbocycles. The number of piperidine rings is 1. The highest BCUT2D eigenvalue weighted by Gasteiger charge is 2.46. The molecule has 0 aliphatic carbocycles. The van der Waals surface area contributed by atoms with E-state index >= 15 is 0 Å². The van der Waals surface area contributed by atoms with Gasteiger partial charge in [-0.25, -0.2) is 21.1 Å². The van der Waals surface area contributed by atoms with Crippen LogP contribution in [0.1, 0.15) is 36.3 Å². The fourth-order valence-electron chi connectivity index (χ4n) is 6.21. The number of benzene rings is 3. The van der Waals surface area contributed by atoms with Gasteiger partial charge in [-0.05, 0) is 86.3 Å². The highest BCUT2D eigenvalue weighted by Crippen LogP contribution is 2.48. The number of nitrogens with zero attached hydrogens (tertiary/aromatic N) is 3. The summed E-state index contributed by atoms with van der Waals surface area (Å²) in [5.74, 6) is -0.147. The van der Waals surface area contributed by atoms with Crippen LogP contribution < -0.4 is 4.31 Å². The molecule has 0 amide bonds. The molecule has 1 fully saturated rings. The van der Waals surface area contributed by atoms with Crippen molar-refractivity contribution in [3.8, 4) is 0 Å². The van der Waals surface area contributed by atoms with Crippen LogP contribution in [0.3, 0.4) is 0 Å². The van der Waals surface area contributed by atoms with Gasteiger partial charge >= 0.3 is 0 Å². The zero-order chi connectivity index (χ0) is 30.3. The summed E-state index contributed by atoms with van der Waals surface area (Å²) in [6.45, 7) is 3.08. The first-order valence-electron chi connectivity index (χ1n) is 13.8. The van der Waals surface area contributed by atoms with Crippen molar-refractivity contribution in [2.45, 2.75) is 35.5 Å². The molecule has 2 aliphatic rings. The Morgan fingerprint density at radius 1 is 0.881 bits per heavy atom. The lowest BCUT2D eigenvalue weighted by Gasteiger charge is -2.40. The van der Waals surface area contributed by atoms with Crippen molar-refractivity contribution in [2.75, 3.05) is 50.3 Å². The largest absolute Gasteiger partial charge is 0.303 e. The van der Waals surface area contributed by atoms with Crippen molar-refractivity contribution in [1.29, 1.82) is 0 Å². The predicted octanol–water partition coefficient (Wildman–Crippen LogP) is 6.25. The Kier molecular flexibility index (Phi) is 9.22. The number of halogens is 3. The van der Waals surface area contributed by atoms with Gasteiger partial charge in [0.2, 0.25) is 20.0 Å². The Hall–Kier alpha value is -1.85. The van der Waals surface area contributed by atoms with E-state index in [4.69, 9.17) is 34.8 Å². The molecule has 226 valence electrons. The summed E-state index contributed by atoms with van der Waals surface area (Å²) in [6.07, 6.45) is 3.64. The van der Waals surface area contributed by atoms with E-state index < -0.39 is 20.0 Å². The van der Waals surface area contributed by atoms with Gasteiger partial charge in [0.25, 0.3) is 0 Å². The number of sulfonamides is 2. The molecule has 1 atom stereocenters. The molecule has 2 heterocycles. The van der Waals surface area contributed by atoms with Crippen LogP contribution >= 0.6 is 34.8 Å². The van der Waals surface area contributed by atoms with Crippen LogP contribution in [0.5, 0.6) is 0 Å². The molecular weight excluding hydrogens is 637 g/mol. The van der Waals surface area contributed by atoms with Gasteiger partial charge in [-0.1, -0.05) is 71.2 Å². The summed E-state index contributed by atoms with van der Waals surface area (Å²) in [6, 6.07) is 19.7. The summed E-state index contributed by atoms with van der Waals surface area (Å²) in [5, 5.41) is 1.05. The van der Waals surface area contributed by atoms with Crippen molar-refractivity contribution in [3.63, 3.8) is 0 Å². The third-order valence-electron chi connectivity index (χ3n) is 8.62. The van der Waals surface area contributed by atoms with Crippen LogP contribution in [0.2, 0.25) is 15.1 Å². The van der Waals surface area contributed by atoms with Gasteiger partial charge in [-0.15, -0.1) is 0 Å². The van der Waals surface area contributed by atoms with Crippen LogP contribution in [0, 0.1) is 0 Å². The lowest BCUT2D eigenvalue weighted by Crippen LogP contribution is -2.46. The van der Waals surface area contributed by atoms with E-state index in [0.29, 0.717) is 23.0 Å². The minimum absolute atomic E-state index is 0.0726. The fraction of sp³-hybridized carbons (Fsp3) is 0.400. The number of fused-ring (bicyclic) bond motifs is 2. The molecule has 1 spiro atoms. The quantitative estimate of drug-likeness (QED) is 0.269. The highest BCUT2D eigenvalue weighted by molar-refractivity contribution is 7.92. The average Bonchev–Trinajstić information content (AvgIpc) is 3.28. The number of para-hydroxylation sites is 1. The van der Waals surface area contributed by atoms with E-state index in [2.05, 4.69) is 11.0 Å². The first-order chi connectivity index (χ1) is 19.8. The molecule has 0 aromatic heterocycles. The maximum absolute atomic E-state index is 13.4. The second-order valence-corrected chi connectivity index (χ2v) is 16.4. The van der Waals surface area contributed by atoms with Crippen LogP contribution in [0.15, 0.2) is 71.6 Å². The Bertz CT molecular complexity index is 1680. The number of hydrogen-bond acceptors (Lipinski definition) is 5. The van der Waals surface area contributed by atoms with Crippen molar-refractivity contribution in [3.05, 3.63) is 92.9 Å². The van der Waals surface area contributed by atoms with E-state index in [-0.39, 0.29) is 27.8 Å². The molecule has 0 radical (unpaired) electrons. The Morgan fingerprint density at radius 3 is 2.21 bits per heavy atom. The van der Waals surface area contributed by atoms with Gasteiger partial charge in [0.1, 0.15) is 4.90 Å². The highest BCUT2D eigenvalue weighted by atomic mass is 35.5. The second kappa shape index (κ2) is 12.3. The van der Waals surface area contributed by atoms with E-state index in [0.717, 1.165) is 49.3 Å². The van der Waals surface area contributed by atoms with Crippen molar-refractivity contribution in [1.82, 2.24) is 9.21 Å². The third-order valence-corrected chi connectivity index (χ3v) is 12.8. The molecule has 3 aromatic rings. The summed E-state index contributed by atoms with van der Waals surface area (Å²) < 4.78 is 54.9. The van der Waals surface area contributed by atoms with Crippen LogP contribution in [-0.2, 0) is 25.5 Å². The van der Waals surface area contributed by atoms with Gasteiger partial charge in [0.15, 0.2) is 0 Å². The van der Waals surface area contributed by atoms with E-state index in [1.54, 1.807) is 35.6 Å². The third kappa shape index (κ3) is 6.34. The van der Waals surface area contributed by atoms with Gasteiger partial charge in [-0.2, -0.15) is 0 Å². The van der Waals surface area contributed by atoms with Crippen LogP contribution in [0.25, 0.3) is 0 Å². The SMILES string of the molecule is CN(C[C@@H](CCN1CCC2(CC1)CN(S(C)(=O)=O)c1ccccc12)c1ccc(Cl)c(Cl)c1)S(=O)(=O)c1ccccc1Cl. The molecular formula is C30H34Cl3N3O4S2. The van der Waals surface area contributed by atoms with E-state index in [9.17, 15) is 16.8 Å². The minimum Gasteiger partial charge on any atom is -0.303 e. The smallest absolute Gasteiger partial charge is 0.244 e. The van der Waals surface area contributed by atoms with E-state index in [1.807, 2.05) is 30.3 Å². The molecule has 0 unspecified atom stereocenters. The first-order valence-corrected chi connectivity index (χ1v) is 18.2. The summed E-state index contributed by atoms with van der Waals surface area (Å²) in [5.41, 5.74) is 2.60. The van der Waals surface area contributed by atoms with Gasteiger partial charge in [0.05, 0.1) is 27.0 Å². The Balaban J connectivity index is 1.31. The standard InChI is InChI=1S/C30H34Cl3N3O4S2/c1-34(42(39,40)29-10-6-4-8-26(29)32)20-23(22-11-12-25(31)27(33)19-22)13-16-35-17-14-30(15-18-35)21-36(41(2,37)38)28-9-5-3-7-24(28)30/h3-12,19,23H,13-18,20-21H2,1-2H3/t23-/m1/s1. The molecule has 42 heavy (non-hydrogen) atoms. The van der Waals surface area contributed by atoms with Crippen molar-refractivity contribution in [2.24, 2.45) is 0 Å². The molecule has 12 heteroatoms. The second-order valence-electron chi connectivity index (χ2n) is 11.3. The van der Waals surface area contributed by atoms with Crippen molar-refractivity contribution >= 4 is 60.5 Å². The predicted molar refractivity (Wildman–Crippen MR) is 171 cm³/mol. The molecule has 0 N–H and O–H groups in total. The Labute approximate surface area is 264 Å². The normalized spacial score (nSPS) is 18.0. The number of likely N-dealkylation sites (N-methyl/N-ethyl adjacent to an activating group) is 1. The number of rotatable bonds is 9. The van der Waals surface area contributed by atoms with Crippen LogP contribution in [0.4, 0.5) is 5.69 Å². The topological polar surface area (TPSA) is 78.0 Å².